The van der Waals surface area contributed by atoms with Crippen LogP contribution in [0.3, 0.4) is 0 Å². The molecule has 0 unspecified atom stereocenters. The van der Waals surface area contributed by atoms with E-state index in [-0.39, 0.29) is 18.1 Å². The summed E-state index contributed by atoms with van der Waals surface area (Å²) in [5, 5.41) is 3.08. The summed E-state index contributed by atoms with van der Waals surface area (Å²) >= 11 is 0. The predicted molar refractivity (Wildman–Crippen MR) is 101 cm³/mol. The molecule has 2 heterocycles. The van der Waals surface area contributed by atoms with E-state index in [4.69, 9.17) is 9.47 Å². The van der Waals surface area contributed by atoms with Gasteiger partial charge in [0.2, 0.25) is 5.88 Å². The van der Waals surface area contributed by atoms with Gasteiger partial charge in [-0.2, -0.15) is 0 Å². The molecule has 7 nitrogen and oxygen atoms in total. The minimum absolute atomic E-state index is 0.0893. The third-order valence-corrected chi connectivity index (χ3v) is 4.53. The molecular weight excluding hydrogens is 344 g/mol. The van der Waals surface area contributed by atoms with E-state index in [1.165, 1.54) is 0 Å². The predicted octanol–water partition coefficient (Wildman–Crippen LogP) is 3.01. The molecule has 7 heteroatoms. The third kappa shape index (κ3) is 5.39. The summed E-state index contributed by atoms with van der Waals surface area (Å²) < 4.78 is 11.2. The number of carbonyl (C=O) groups is 1. The maximum atomic E-state index is 12.4. The fourth-order valence-electron chi connectivity index (χ4n) is 3.24. The second-order valence-electron chi connectivity index (χ2n) is 6.82. The first kappa shape index (κ1) is 19.1. The SMILES string of the molecule is CCOc1ccc(C(=O)NC2CCC(Oc3nc(C)cc(C)n3)CC2)cn1. The molecular formula is C20H26N4O3. The van der Waals surface area contributed by atoms with Crippen LogP contribution in [0.25, 0.3) is 0 Å². The Balaban J connectivity index is 1.48. The number of pyridine rings is 1. The quantitative estimate of drug-likeness (QED) is 0.841. The van der Waals surface area contributed by atoms with Crippen molar-refractivity contribution in [1.29, 1.82) is 0 Å². The number of hydrogen-bond acceptors (Lipinski definition) is 6. The first-order valence-electron chi connectivity index (χ1n) is 9.42. The third-order valence-electron chi connectivity index (χ3n) is 4.53. The molecule has 27 heavy (non-hydrogen) atoms. The maximum Gasteiger partial charge on any atom is 0.317 e. The van der Waals surface area contributed by atoms with E-state index in [2.05, 4.69) is 20.3 Å². The molecule has 0 spiro atoms. The van der Waals surface area contributed by atoms with Crippen molar-refractivity contribution in [2.75, 3.05) is 6.61 Å². The second-order valence-corrected chi connectivity index (χ2v) is 6.82. The maximum absolute atomic E-state index is 12.4. The zero-order valence-electron chi connectivity index (χ0n) is 16.1. The standard InChI is InChI=1S/C20H26N4O3/c1-4-26-18-10-5-15(12-21-18)19(25)24-16-6-8-17(9-7-16)27-20-22-13(2)11-14(3)23-20/h5,10-12,16-17H,4,6-9H2,1-3H3,(H,24,25). The second kappa shape index (κ2) is 8.79. The lowest BCUT2D eigenvalue weighted by molar-refractivity contribution is 0.0884. The van der Waals surface area contributed by atoms with Gasteiger partial charge in [0.05, 0.1) is 12.2 Å². The highest BCUT2D eigenvalue weighted by atomic mass is 16.5. The van der Waals surface area contributed by atoms with Gasteiger partial charge in [0, 0.05) is 29.7 Å². The summed E-state index contributed by atoms with van der Waals surface area (Å²) in [5.41, 5.74) is 2.35. The van der Waals surface area contributed by atoms with Crippen molar-refractivity contribution >= 4 is 5.91 Å². The first-order chi connectivity index (χ1) is 13.0. The van der Waals surface area contributed by atoms with Crippen LogP contribution in [-0.4, -0.2) is 39.6 Å². The van der Waals surface area contributed by atoms with Crippen molar-refractivity contribution in [3.63, 3.8) is 0 Å². The van der Waals surface area contributed by atoms with Crippen molar-refractivity contribution < 1.29 is 14.3 Å². The molecule has 2 aromatic rings. The molecule has 0 aliphatic heterocycles. The minimum Gasteiger partial charge on any atom is -0.478 e. The van der Waals surface area contributed by atoms with Gasteiger partial charge in [0.1, 0.15) is 6.10 Å². The van der Waals surface area contributed by atoms with Crippen molar-refractivity contribution in [1.82, 2.24) is 20.3 Å². The van der Waals surface area contributed by atoms with Gasteiger partial charge in [-0.3, -0.25) is 4.79 Å². The monoisotopic (exact) mass is 370 g/mol. The minimum atomic E-state index is -0.104. The number of carbonyl (C=O) groups excluding carboxylic acids is 1. The molecule has 1 saturated carbocycles. The van der Waals surface area contributed by atoms with Gasteiger partial charge in [-0.05, 0) is 58.6 Å². The number of aryl methyl sites for hydroxylation is 2. The van der Waals surface area contributed by atoms with Crippen LogP contribution in [0, 0.1) is 13.8 Å². The fourth-order valence-corrected chi connectivity index (χ4v) is 3.24. The lowest BCUT2D eigenvalue weighted by Gasteiger charge is -2.29. The Hall–Kier alpha value is -2.70. The zero-order valence-corrected chi connectivity index (χ0v) is 16.1. The van der Waals surface area contributed by atoms with Crippen LogP contribution in [0.1, 0.15) is 54.4 Å². The average Bonchev–Trinajstić information content (AvgIpc) is 2.63. The molecule has 0 saturated heterocycles. The summed E-state index contributed by atoms with van der Waals surface area (Å²) in [6.07, 6.45) is 5.10. The number of amides is 1. The highest BCUT2D eigenvalue weighted by Gasteiger charge is 2.24. The normalized spacial score (nSPS) is 19.4. The van der Waals surface area contributed by atoms with Gasteiger partial charge in [0.15, 0.2) is 0 Å². The molecule has 0 atom stereocenters. The van der Waals surface area contributed by atoms with Crippen LogP contribution in [0.2, 0.25) is 0 Å². The zero-order chi connectivity index (χ0) is 19.2. The van der Waals surface area contributed by atoms with E-state index in [0.29, 0.717) is 24.1 Å². The van der Waals surface area contributed by atoms with Crippen LogP contribution in [0.5, 0.6) is 11.9 Å². The highest BCUT2D eigenvalue weighted by molar-refractivity contribution is 5.94. The van der Waals surface area contributed by atoms with Crippen molar-refractivity contribution in [3.8, 4) is 11.9 Å². The van der Waals surface area contributed by atoms with Gasteiger partial charge in [0.25, 0.3) is 5.91 Å². The van der Waals surface area contributed by atoms with Gasteiger partial charge < -0.3 is 14.8 Å². The molecule has 1 fully saturated rings. The molecule has 1 aliphatic carbocycles. The van der Waals surface area contributed by atoms with E-state index in [1.54, 1.807) is 18.3 Å². The summed E-state index contributed by atoms with van der Waals surface area (Å²) in [7, 11) is 0. The van der Waals surface area contributed by atoms with Crippen LogP contribution >= 0.6 is 0 Å². The Kier molecular flexibility index (Phi) is 6.21. The smallest absolute Gasteiger partial charge is 0.317 e. The number of nitrogens with one attached hydrogen (secondary N) is 1. The topological polar surface area (TPSA) is 86.2 Å². The van der Waals surface area contributed by atoms with Crippen molar-refractivity contribution in [3.05, 3.63) is 41.3 Å². The molecule has 2 aromatic heterocycles. The van der Waals surface area contributed by atoms with Crippen LogP contribution in [0.4, 0.5) is 0 Å². The molecule has 0 aromatic carbocycles. The lowest BCUT2D eigenvalue weighted by Crippen LogP contribution is -2.39. The average molecular weight is 370 g/mol. The number of aromatic nitrogens is 3. The van der Waals surface area contributed by atoms with Gasteiger partial charge in [-0.15, -0.1) is 0 Å². The van der Waals surface area contributed by atoms with Gasteiger partial charge in [-0.25, -0.2) is 15.0 Å². The lowest BCUT2D eigenvalue weighted by atomic mass is 9.93. The molecule has 1 amide bonds. The summed E-state index contributed by atoms with van der Waals surface area (Å²) in [6, 6.07) is 5.96. The summed E-state index contributed by atoms with van der Waals surface area (Å²) in [6.45, 7) is 6.32. The van der Waals surface area contributed by atoms with Gasteiger partial charge in [-0.1, -0.05) is 0 Å². The number of hydrogen-bond donors (Lipinski definition) is 1. The van der Waals surface area contributed by atoms with E-state index < -0.39 is 0 Å². The Labute approximate surface area is 159 Å². The Bertz CT molecular complexity index is 751. The van der Waals surface area contributed by atoms with E-state index >= 15 is 0 Å². The number of ether oxygens (including phenoxy) is 2. The molecule has 144 valence electrons. The Morgan fingerprint density at radius 3 is 2.44 bits per heavy atom. The fraction of sp³-hybridized carbons (Fsp3) is 0.500. The molecule has 3 rings (SSSR count). The highest BCUT2D eigenvalue weighted by Crippen LogP contribution is 2.23. The van der Waals surface area contributed by atoms with E-state index in [1.807, 2.05) is 26.8 Å². The molecule has 1 aliphatic rings. The van der Waals surface area contributed by atoms with Crippen LogP contribution in [-0.2, 0) is 0 Å². The van der Waals surface area contributed by atoms with Crippen molar-refractivity contribution in [2.45, 2.75) is 58.6 Å². The van der Waals surface area contributed by atoms with Crippen LogP contribution in [0.15, 0.2) is 24.4 Å². The van der Waals surface area contributed by atoms with Gasteiger partial charge >= 0.3 is 6.01 Å². The number of nitrogens with zero attached hydrogens (tertiary/aromatic N) is 3. The first-order valence-corrected chi connectivity index (χ1v) is 9.42. The van der Waals surface area contributed by atoms with E-state index in [9.17, 15) is 4.79 Å². The largest absolute Gasteiger partial charge is 0.478 e. The number of rotatable bonds is 6. The Morgan fingerprint density at radius 1 is 1.15 bits per heavy atom. The molecule has 0 bridgehead atoms. The summed E-state index contributed by atoms with van der Waals surface area (Å²) in [4.78, 5) is 25.2. The molecule has 1 N–H and O–H groups in total. The Morgan fingerprint density at radius 2 is 1.85 bits per heavy atom. The molecule has 0 radical (unpaired) electrons. The van der Waals surface area contributed by atoms with Crippen molar-refractivity contribution in [2.24, 2.45) is 0 Å². The summed E-state index contributed by atoms with van der Waals surface area (Å²) in [5.74, 6) is 0.424. The van der Waals surface area contributed by atoms with Crippen LogP contribution < -0.4 is 14.8 Å². The van der Waals surface area contributed by atoms with E-state index in [0.717, 1.165) is 37.1 Å².